The number of aromatic carboxylic acids is 1. The Labute approximate surface area is 74.6 Å². The van der Waals surface area contributed by atoms with E-state index >= 15 is 0 Å². The number of carbonyl (C=O) groups is 1. The molecule has 0 aliphatic heterocycles. The fourth-order valence-corrected chi connectivity index (χ4v) is 1.93. The van der Waals surface area contributed by atoms with Crippen molar-refractivity contribution in [1.29, 1.82) is 0 Å². The van der Waals surface area contributed by atoms with Crippen LogP contribution >= 0.6 is 0 Å². The van der Waals surface area contributed by atoms with Crippen molar-refractivity contribution in [2.75, 3.05) is 12.5 Å². The molecule has 3 heteroatoms. The lowest BCUT2D eigenvalue weighted by atomic mass is 10.2. The second-order valence-electron chi connectivity index (χ2n) is 2.60. The molecule has 0 N–H and O–H groups in total. The summed E-state index contributed by atoms with van der Waals surface area (Å²) in [6.07, 6.45) is 3.98. The standard InChI is InChI=1S/C9H10O2S/c1-12(2)8-6-4-3-5-7(8)9(10)11/h3-6H,1-2H3. The van der Waals surface area contributed by atoms with E-state index in [1.54, 1.807) is 12.1 Å². The van der Waals surface area contributed by atoms with Gasteiger partial charge in [-0.3, -0.25) is 0 Å². The predicted molar refractivity (Wildman–Crippen MR) is 48.3 cm³/mol. The Bertz CT molecular complexity index is 294. The van der Waals surface area contributed by atoms with Gasteiger partial charge in [-0.1, -0.05) is 12.1 Å². The van der Waals surface area contributed by atoms with Crippen LogP contribution in [0.3, 0.4) is 0 Å². The average molecular weight is 182 g/mol. The van der Waals surface area contributed by atoms with Crippen LogP contribution in [-0.2, 0) is 10.9 Å². The lowest BCUT2D eigenvalue weighted by molar-refractivity contribution is -0.255. The summed E-state index contributed by atoms with van der Waals surface area (Å²) >= 11 is 0. The smallest absolute Gasteiger partial charge is 0.163 e. The Morgan fingerprint density at radius 3 is 2.33 bits per heavy atom. The molecule has 2 nitrogen and oxygen atoms in total. The Morgan fingerprint density at radius 2 is 1.92 bits per heavy atom. The maximum atomic E-state index is 10.6. The third-order valence-electron chi connectivity index (χ3n) is 1.55. The molecule has 1 aromatic carbocycles. The molecule has 0 saturated heterocycles. The first-order valence-corrected chi connectivity index (χ1v) is 5.55. The first kappa shape index (κ1) is 9.13. The summed E-state index contributed by atoms with van der Waals surface area (Å²) in [5, 5.41) is 10.6. The highest BCUT2D eigenvalue weighted by molar-refractivity contribution is 7.95. The van der Waals surface area contributed by atoms with Crippen molar-refractivity contribution in [3.63, 3.8) is 0 Å². The molecule has 0 aliphatic rings. The van der Waals surface area contributed by atoms with Crippen LogP contribution in [0, 0.1) is 0 Å². The van der Waals surface area contributed by atoms with Crippen LogP contribution in [0.4, 0.5) is 0 Å². The van der Waals surface area contributed by atoms with Crippen molar-refractivity contribution in [1.82, 2.24) is 0 Å². The van der Waals surface area contributed by atoms with Crippen molar-refractivity contribution in [2.45, 2.75) is 4.90 Å². The van der Waals surface area contributed by atoms with Crippen LogP contribution in [0.2, 0.25) is 0 Å². The van der Waals surface area contributed by atoms with E-state index < -0.39 is 5.97 Å². The van der Waals surface area contributed by atoms with Crippen LogP contribution in [-0.4, -0.2) is 18.5 Å². The summed E-state index contributed by atoms with van der Waals surface area (Å²) in [7, 11) is -0.0319. The summed E-state index contributed by atoms with van der Waals surface area (Å²) in [6, 6.07) is 6.96. The lowest BCUT2D eigenvalue weighted by Crippen LogP contribution is -2.24. The molecular weight excluding hydrogens is 172 g/mol. The number of carboxylic acid groups (broad SMARTS) is 1. The molecule has 0 spiro atoms. The Kier molecular flexibility index (Phi) is 2.76. The number of hydrogen-bond donors (Lipinski definition) is 0. The zero-order valence-electron chi connectivity index (χ0n) is 7.03. The first-order chi connectivity index (χ1) is 5.63. The molecule has 64 valence electrons. The third kappa shape index (κ3) is 1.80. The van der Waals surface area contributed by atoms with Crippen molar-refractivity contribution in [3.05, 3.63) is 29.8 Å². The maximum Gasteiger partial charge on any atom is 0.163 e. The van der Waals surface area contributed by atoms with E-state index in [1.807, 2.05) is 24.6 Å². The van der Waals surface area contributed by atoms with Crippen LogP contribution in [0.1, 0.15) is 10.4 Å². The van der Waals surface area contributed by atoms with Crippen molar-refractivity contribution < 1.29 is 9.90 Å². The van der Waals surface area contributed by atoms with Crippen LogP contribution in [0.5, 0.6) is 0 Å². The van der Waals surface area contributed by atoms with Gasteiger partial charge < -0.3 is 9.90 Å². The van der Waals surface area contributed by atoms with Gasteiger partial charge in [0.2, 0.25) is 0 Å². The van der Waals surface area contributed by atoms with Gasteiger partial charge >= 0.3 is 0 Å². The number of hydrogen-bond acceptors (Lipinski definition) is 2. The van der Waals surface area contributed by atoms with Crippen molar-refractivity contribution in [3.8, 4) is 0 Å². The third-order valence-corrected chi connectivity index (χ3v) is 2.78. The maximum absolute atomic E-state index is 10.6. The topological polar surface area (TPSA) is 40.1 Å². The largest absolute Gasteiger partial charge is 0.545 e. The van der Waals surface area contributed by atoms with Gasteiger partial charge in [0.1, 0.15) is 12.5 Å². The Morgan fingerprint density at radius 1 is 1.33 bits per heavy atom. The minimum absolute atomic E-state index is 0.0319. The van der Waals surface area contributed by atoms with Gasteiger partial charge in [-0.15, -0.1) is 0 Å². The van der Waals surface area contributed by atoms with E-state index in [9.17, 15) is 9.90 Å². The lowest BCUT2D eigenvalue weighted by Gasteiger charge is -2.05. The minimum Gasteiger partial charge on any atom is -0.545 e. The van der Waals surface area contributed by atoms with Crippen LogP contribution in [0.25, 0.3) is 0 Å². The summed E-state index contributed by atoms with van der Waals surface area (Å²) in [5.74, 6) is -1.09. The summed E-state index contributed by atoms with van der Waals surface area (Å²) in [6.45, 7) is 0. The molecule has 1 rings (SSSR count). The normalized spacial score (nSPS) is 10.2. The van der Waals surface area contributed by atoms with Crippen molar-refractivity contribution >= 4 is 16.9 Å². The van der Waals surface area contributed by atoms with Gasteiger partial charge in [0.15, 0.2) is 4.90 Å². The van der Waals surface area contributed by atoms with Gasteiger partial charge in [0.05, 0.1) is 11.5 Å². The SMILES string of the molecule is C[S+](C)c1ccccc1C(=O)[O-]. The molecule has 1 aromatic rings. The van der Waals surface area contributed by atoms with Gasteiger partial charge in [-0.2, -0.15) is 0 Å². The molecule has 0 heterocycles. The second-order valence-corrected chi connectivity index (χ2v) is 4.67. The number of carboxylic acids is 1. The first-order valence-electron chi connectivity index (χ1n) is 3.51. The zero-order valence-corrected chi connectivity index (χ0v) is 7.85. The number of carbonyl (C=O) groups excluding carboxylic acids is 1. The van der Waals surface area contributed by atoms with Crippen LogP contribution in [0.15, 0.2) is 29.2 Å². The fraction of sp³-hybridized carbons (Fsp3) is 0.222. The Hall–Kier alpha value is -0.960. The van der Waals surface area contributed by atoms with Crippen LogP contribution < -0.4 is 5.11 Å². The monoisotopic (exact) mass is 182 g/mol. The van der Waals surface area contributed by atoms with Crippen molar-refractivity contribution in [2.24, 2.45) is 0 Å². The predicted octanol–water partition coefficient (Wildman–Crippen LogP) is 0.287. The van der Waals surface area contributed by atoms with Gasteiger partial charge in [0, 0.05) is 10.9 Å². The molecule has 0 amide bonds. The van der Waals surface area contributed by atoms with E-state index in [2.05, 4.69) is 0 Å². The van der Waals surface area contributed by atoms with E-state index in [4.69, 9.17) is 0 Å². The van der Waals surface area contributed by atoms with Gasteiger partial charge in [0.25, 0.3) is 0 Å². The molecule has 12 heavy (non-hydrogen) atoms. The molecular formula is C9H10O2S. The molecule has 0 saturated carbocycles. The molecule has 0 bridgehead atoms. The zero-order chi connectivity index (χ0) is 9.14. The minimum atomic E-state index is -1.09. The molecule has 0 radical (unpaired) electrons. The molecule has 0 aliphatic carbocycles. The van der Waals surface area contributed by atoms with Gasteiger partial charge in [-0.05, 0) is 12.1 Å². The average Bonchev–Trinajstić information content (AvgIpc) is 2.04. The quantitative estimate of drug-likeness (QED) is 0.617. The van der Waals surface area contributed by atoms with E-state index in [0.29, 0.717) is 5.56 Å². The van der Waals surface area contributed by atoms with E-state index in [0.717, 1.165) is 4.90 Å². The Balaban J connectivity index is 3.17. The summed E-state index contributed by atoms with van der Waals surface area (Å²) < 4.78 is 0. The molecule has 0 unspecified atom stereocenters. The highest BCUT2D eigenvalue weighted by atomic mass is 32.2. The fourth-order valence-electron chi connectivity index (χ4n) is 0.991. The van der Waals surface area contributed by atoms with Gasteiger partial charge in [-0.25, -0.2) is 0 Å². The molecule has 0 fully saturated rings. The van der Waals surface area contributed by atoms with E-state index in [-0.39, 0.29) is 10.9 Å². The summed E-state index contributed by atoms with van der Waals surface area (Å²) in [5.41, 5.74) is 0.311. The van der Waals surface area contributed by atoms with E-state index in [1.165, 1.54) is 0 Å². The second kappa shape index (κ2) is 3.63. The highest BCUT2D eigenvalue weighted by Crippen LogP contribution is 2.14. The highest BCUT2D eigenvalue weighted by Gasteiger charge is 2.13. The molecule has 0 atom stereocenters. The molecule has 0 aromatic heterocycles. The number of rotatable bonds is 2. The number of benzene rings is 1. The summed E-state index contributed by atoms with van der Waals surface area (Å²) in [4.78, 5) is 11.5.